The first-order chi connectivity index (χ1) is 14.1. The summed E-state index contributed by atoms with van der Waals surface area (Å²) in [5, 5.41) is 5.54. The van der Waals surface area contributed by atoms with E-state index >= 15 is 0 Å². The number of carbonyl (C=O) groups excluding carboxylic acids is 2. The zero-order chi connectivity index (χ0) is 20.2. The predicted octanol–water partition coefficient (Wildman–Crippen LogP) is 2.94. The number of hydrogen-bond donors (Lipinski definition) is 2. The second-order valence-corrected chi connectivity index (χ2v) is 6.80. The Morgan fingerprint density at radius 3 is 2.66 bits per heavy atom. The zero-order valence-corrected chi connectivity index (χ0v) is 15.7. The number of amides is 2. The van der Waals surface area contributed by atoms with Crippen LogP contribution in [0.3, 0.4) is 0 Å². The summed E-state index contributed by atoms with van der Waals surface area (Å²) in [5.41, 5.74) is 2.19. The molecule has 3 heterocycles. The van der Waals surface area contributed by atoms with Crippen LogP contribution in [0.4, 0.5) is 10.1 Å². The second-order valence-electron chi connectivity index (χ2n) is 6.80. The lowest BCUT2D eigenvalue weighted by atomic mass is 10.1. The van der Waals surface area contributed by atoms with Gasteiger partial charge in [0.25, 0.3) is 11.8 Å². The predicted molar refractivity (Wildman–Crippen MR) is 105 cm³/mol. The number of aromatic nitrogens is 3. The van der Waals surface area contributed by atoms with Crippen molar-refractivity contribution in [1.82, 2.24) is 19.9 Å². The highest BCUT2D eigenvalue weighted by atomic mass is 19.1. The molecule has 2 N–H and O–H groups in total. The van der Waals surface area contributed by atoms with Gasteiger partial charge in [0.1, 0.15) is 5.82 Å². The average molecular weight is 393 g/mol. The maximum absolute atomic E-state index is 13.1. The van der Waals surface area contributed by atoms with E-state index in [0.29, 0.717) is 18.7 Å². The van der Waals surface area contributed by atoms with Gasteiger partial charge in [0.2, 0.25) is 0 Å². The molecule has 0 bridgehead atoms. The molecule has 0 spiro atoms. The molecule has 7 nitrogen and oxygen atoms in total. The summed E-state index contributed by atoms with van der Waals surface area (Å²) in [6.45, 7) is 0.914. The fraction of sp³-hybridized carbons (Fsp3) is 0.238. The number of halogens is 1. The molecule has 0 saturated heterocycles. The molecule has 1 aromatic carbocycles. The number of benzene rings is 1. The Balaban J connectivity index is 1.55. The molecule has 8 heteroatoms. The normalized spacial score (nSPS) is 12.9. The number of pyridine rings is 1. The fourth-order valence-corrected chi connectivity index (χ4v) is 3.37. The lowest BCUT2D eigenvalue weighted by Gasteiger charge is -2.17. The molecule has 148 valence electrons. The van der Waals surface area contributed by atoms with Gasteiger partial charge in [-0.2, -0.15) is 0 Å². The molecule has 2 amide bonds. The molecule has 0 radical (unpaired) electrons. The number of fused-ring (bicyclic) bond motifs is 1. The second kappa shape index (κ2) is 8.22. The topological polar surface area (TPSA) is 88.9 Å². The Labute approximate surface area is 167 Å². The van der Waals surface area contributed by atoms with E-state index in [1.165, 1.54) is 24.3 Å². The summed E-state index contributed by atoms with van der Waals surface area (Å²) >= 11 is 0. The third-order valence-electron chi connectivity index (χ3n) is 4.79. The lowest BCUT2D eigenvalue weighted by molar-refractivity contribution is 0.0934. The number of nitrogens with zero attached hydrogens (tertiary/aromatic N) is 3. The molecule has 29 heavy (non-hydrogen) atoms. The maximum atomic E-state index is 13.1. The molecule has 0 aliphatic carbocycles. The summed E-state index contributed by atoms with van der Waals surface area (Å²) in [5.74, 6) is -0.917. The first-order valence-electron chi connectivity index (χ1n) is 9.46. The number of imidazole rings is 1. The molecular formula is C21H20FN5O2. The van der Waals surface area contributed by atoms with E-state index in [4.69, 9.17) is 0 Å². The van der Waals surface area contributed by atoms with Crippen LogP contribution in [0.5, 0.6) is 0 Å². The average Bonchev–Trinajstić information content (AvgIpc) is 3.14. The van der Waals surface area contributed by atoms with Crippen LogP contribution in [0.2, 0.25) is 0 Å². The number of anilines is 1. The summed E-state index contributed by atoms with van der Waals surface area (Å²) < 4.78 is 14.9. The Kier molecular flexibility index (Phi) is 5.33. The number of hydrogen-bond acceptors (Lipinski definition) is 4. The van der Waals surface area contributed by atoms with E-state index < -0.39 is 5.91 Å². The first-order valence-corrected chi connectivity index (χ1v) is 9.46. The molecule has 0 unspecified atom stereocenters. The van der Waals surface area contributed by atoms with E-state index in [1.54, 1.807) is 6.20 Å². The van der Waals surface area contributed by atoms with Gasteiger partial charge in [-0.05, 0) is 55.7 Å². The Morgan fingerprint density at radius 1 is 1.07 bits per heavy atom. The van der Waals surface area contributed by atoms with Crippen LogP contribution >= 0.6 is 0 Å². The van der Waals surface area contributed by atoms with E-state index in [9.17, 15) is 14.0 Å². The Bertz CT molecular complexity index is 1030. The van der Waals surface area contributed by atoms with Crippen molar-refractivity contribution >= 4 is 17.5 Å². The van der Waals surface area contributed by atoms with Crippen LogP contribution in [0, 0.1) is 5.82 Å². The molecular weight excluding hydrogens is 373 g/mol. The van der Waals surface area contributed by atoms with Crippen LogP contribution < -0.4 is 10.6 Å². The molecule has 4 rings (SSSR count). The summed E-state index contributed by atoms with van der Waals surface area (Å²) in [4.78, 5) is 34.0. The van der Waals surface area contributed by atoms with E-state index in [0.717, 1.165) is 24.2 Å². The van der Waals surface area contributed by atoms with E-state index in [2.05, 4.69) is 20.6 Å². The monoisotopic (exact) mass is 393 g/mol. The van der Waals surface area contributed by atoms with Gasteiger partial charge in [-0.25, -0.2) is 9.37 Å². The minimum Gasteiger partial charge on any atom is -0.344 e. The van der Waals surface area contributed by atoms with Crippen LogP contribution in [0.25, 0.3) is 0 Å². The van der Waals surface area contributed by atoms with Gasteiger partial charge >= 0.3 is 0 Å². The van der Waals surface area contributed by atoms with Crippen LogP contribution in [-0.2, 0) is 19.5 Å². The highest BCUT2D eigenvalue weighted by molar-refractivity contribution is 6.05. The van der Waals surface area contributed by atoms with Crippen molar-refractivity contribution < 1.29 is 14.0 Å². The van der Waals surface area contributed by atoms with Crippen molar-refractivity contribution in [2.45, 2.75) is 32.4 Å². The third-order valence-corrected chi connectivity index (χ3v) is 4.79. The minimum absolute atomic E-state index is 0.222. The lowest BCUT2D eigenvalue weighted by Crippen LogP contribution is -2.27. The SMILES string of the molecule is O=C(Nc1ccc(F)cc1)c1nc(C(=O)NCc2ccccn2)n2c1CCCC2. The largest absolute Gasteiger partial charge is 0.344 e. The molecule has 1 aliphatic rings. The molecule has 0 atom stereocenters. The van der Waals surface area contributed by atoms with Gasteiger partial charge in [-0.1, -0.05) is 6.07 Å². The van der Waals surface area contributed by atoms with Crippen LogP contribution in [0.1, 0.15) is 45.3 Å². The minimum atomic E-state index is -0.411. The third kappa shape index (κ3) is 4.16. The quantitative estimate of drug-likeness (QED) is 0.698. The van der Waals surface area contributed by atoms with Gasteiger partial charge in [0, 0.05) is 18.4 Å². The van der Waals surface area contributed by atoms with Gasteiger partial charge < -0.3 is 15.2 Å². The van der Waals surface area contributed by atoms with Crippen molar-refractivity contribution in [3.05, 3.63) is 77.4 Å². The Hall–Kier alpha value is -3.55. The van der Waals surface area contributed by atoms with Crippen molar-refractivity contribution in [1.29, 1.82) is 0 Å². The van der Waals surface area contributed by atoms with Crippen molar-refractivity contribution in [3.63, 3.8) is 0 Å². The summed E-state index contributed by atoms with van der Waals surface area (Å²) in [6, 6.07) is 11.0. The smallest absolute Gasteiger partial charge is 0.287 e. The van der Waals surface area contributed by atoms with Crippen molar-refractivity contribution in [3.8, 4) is 0 Å². The van der Waals surface area contributed by atoms with Crippen LogP contribution in [0.15, 0.2) is 48.7 Å². The maximum Gasteiger partial charge on any atom is 0.287 e. The van der Waals surface area contributed by atoms with E-state index in [1.807, 2.05) is 22.8 Å². The molecule has 2 aromatic heterocycles. The van der Waals surface area contributed by atoms with Crippen molar-refractivity contribution in [2.24, 2.45) is 0 Å². The van der Waals surface area contributed by atoms with Gasteiger partial charge in [-0.3, -0.25) is 14.6 Å². The van der Waals surface area contributed by atoms with Gasteiger partial charge in [0.15, 0.2) is 11.5 Å². The van der Waals surface area contributed by atoms with Crippen molar-refractivity contribution in [2.75, 3.05) is 5.32 Å². The number of rotatable bonds is 5. The molecule has 1 aliphatic heterocycles. The number of nitrogens with one attached hydrogen (secondary N) is 2. The van der Waals surface area contributed by atoms with Gasteiger partial charge in [-0.15, -0.1) is 0 Å². The summed E-state index contributed by atoms with van der Waals surface area (Å²) in [7, 11) is 0. The summed E-state index contributed by atoms with van der Waals surface area (Å²) in [6.07, 6.45) is 4.18. The highest BCUT2D eigenvalue weighted by Gasteiger charge is 2.27. The van der Waals surface area contributed by atoms with E-state index in [-0.39, 0.29) is 29.8 Å². The first kappa shape index (κ1) is 18.8. The molecule has 0 saturated carbocycles. The fourth-order valence-electron chi connectivity index (χ4n) is 3.37. The zero-order valence-electron chi connectivity index (χ0n) is 15.7. The molecule has 0 fully saturated rings. The standard InChI is InChI=1S/C21H20FN5O2/c22-14-7-9-15(10-8-14)25-20(28)18-17-6-2-4-12-27(17)19(26-18)21(29)24-13-16-5-1-3-11-23-16/h1,3,5,7-11H,2,4,6,12-13H2,(H,24,29)(H,25,28). The highest BCUT2D eigenvalue weighted by Crippen LogP contribution is 2.22. The number of carbonyl (C=O) groups is 2. The van der Waals surface area contributed by atoms with Gasteiger partial charge in [0.05, 0.1) is 17.9 Å². The Morgan fingerprint density at radius 2 is 1.90 bits per heavy atom. The molecule has 3 aromatic rings. The van der Waals surface area contributed by atoms with Crippen LogP contribution in [-0.4, -0.2) is 26.3 Å².